The normalized spacial score (nSPS) is 38.0. The van der Waals surface area contributed by atoms with Crippen LogP contribution in [0.25, 0.3) is 17.0 Å². The molecule has 3 aromatic rings. The summed E-state index contributed by atoms with van der Waals surface area (Å²) in [7, 11) is 2.09. The molecule has 17 N–H and O–H groups in total. The van der Waals surface area contributed by atoms with Gasteiger partial charge in [0.2, 0.25) is 11.4 Å². The van der Waals surface area contributed by atoms with Crippen LogP contribution in [0.15, 0.2) is 70.7 Å². The molecule has 0 spiro atoms. The Morgan fingerprint density at radius 2 is 1.34 bits per heavy atom. The molecule has 22 nitrogen and oxygen atoms in total. The van der Waals surface area contributed by atoms with Gasteiger partial charge in [0.05, 0.1) is 47.5 Å². The number of benzene rings is 2. The summed E-state index contributed by atoms with van der Waals surface area (Å²) in [5.74, 6) is -0.285. The van der Waals surface area contributed by atoms with Crippen LogP contribution in [0.2, 0.25) is 0 Å². The van der Waals surface area contributed by atoms with Crippen LogP contribution in [0.4, 0.5) is 5.69 Å². The van der Waals surface area contributed by atoms with Gasteiger partial charge >= 0.3 is 0 Å². The summed E-state index contributed by atoms with van der Waals surface area (Å²) in [6, 6.07) is 14.4. The second kappa shape index (κ2) is 23.8. The third kappa shape index (κ3) is 11.7. The van der Waals surface area contributed by atoms with Crippen LogP contribution in [0.5, 0.6) is 0 Å². The molecule has 71 heavy (non-hydrogen) atoms. The van der Waals surface area contributed by atoms with Gasteiger partial charge in [-0.25, -0.2) is 0 Å². The van der Waals surface area contributed by atoms with Crippen molar-refractivity contribution in [1.29, 1.82) is 0 Å². The predicted octanol–water partition coefficient (Wildman–Crippen LogP) is -3.07. The molecule has 0 bridgehead atoms. The number of aromatic nitrogens is 1. The summed E-state index contributed by atoms with van der Waals surface area (Å²) in [4.78, 5) is 16.4. The Labute approximate surface area is 415 Å². The molecule has 0 radical (unpaired) electrons. The van der Waals surface area contributed by atoms with Crippen LogP contribution >= 0.6 is 11.8 Å². The number of thioether (sulfide) groups is 1. The Balaban J connectivity index is 0.805. The summed E-state index contributed by atoms with van der Waals surface area (Å²) in [6.07, 6.45) is -13.8. The Kier molecular flexibility index (Phi) is 18.0. The molecule has 5 heterocycles. The lowest BCUT2D eigenvalue weighted by molar-refractivity contribution is -0.671. The number of carbonyl (C=O) groups is 1. The van der Waals surface area contributed by atoms with Crippen molar-refractivity contribution < 1.29 is 78.6 Å². The standard InChI is InChI=1S/C48H69N7O15S/c1-54-28-12-7-8-13-32(28)71-34(54)18-23-15-17-55(27-11-6-5-10-24(23)27)16-9-3-2-4-14-33(58)53-20-29-38(60)40(62)35(51)46(65-29)69-44-31(22-57)67-48(42(44)64)70-45-37(59)25(49)19-26(50)43(45)68-47-36(52)41(63)39(61)30(21-56)66-47/h5-8,10-13,15,17-18,25-26,29-31,35-48,56-57,59-64H,2-4,9,14,16,19-22,49-52H2,1H3/p+1/t25-,26+,29+,30-,31-,35-,36-,37+,38-,39-,40-,41-,42-,43-,44-,45-,46-,47-,48+/m1/s1. The van der Waals surface area contributed by atoms with E-state index in [-0.39, 0.29) is 25.3 Å². The number of rotatable bonds is 18. The molecule has 23 heteroatoms. The average molecular weight is 1020 g/mol. The number of aliphatic hydroxyl groups excluding tert-OH is 8. The molecule has 2 aromatic carbocycles. The zero-order valence-corrected chi connectivity index (χ0v) is 40.3. The van der Waals surface area contributed by atoms with Crippen LogP contribution in [0.1, 0.15) is 44.1 Å². The van der Waals surface area contributed by atoms with E-state index in [1.165, 1.54) is 16.0 Å². The van der Waals surface area contributed by atoms with Crippen molar-refractivity contribution in [3.8, 4) is 0 Å². The highest BCUT2D eigenvalue weighted by Crippen LogP contribution is 2.45. The van der Waals surface area contributed by atoms with E-state index in [0.29, 0.717) is 6.42 Å². The number of aryl methyl sites for hydroxylation is 1. The van der Waals surface area contributed by atoms with Gasteiger partial charge in [0.25, 0.3) is 0 Å². The molecule has 1 saturated carbocycles. The number of amides is 1. The van der Waals surface area contributed by atoms with Crippen LogP contribution in [-0.4, -0.2) is 190 Å². The summed E-state index contributed by atoms with van der Waals surface area (Å²) in [5, 5.41) is 90.3. The smallest absolute Gasteiger partial charge is 0.220 e. The number of anilines is 1. The lowest BCUT2D eigenvalue weighted by atomic mass is 9.84. The number of hydrogen-bond acceptors (Lipinski definition) is 21. The van der Waals surface area contributed by atoms with E-state index in [0.717, 1.165) is 41.9 Å². The molecule has 8 rings (SSSR count). The largest absolute Gasteiger partial charge is 0.394 e. The van der Waals surface area contributed by atoms with Gasteiger partial charge in [-0.05, 0) is 49.1 Å². The van der Waals surface area contributed by atoms with Crippen molar-refractivity contribution in [3.05, 3.63) is 71.4 Å². The number of nitrogens with zero attached hydrogens (tertiary/aromatic N) is 2. The SMILES string of the molecule is CN1/C(=C/c2cc[n+](CCCCCCC(=O)NC[C@@H]3O[C@H](O[C@H]4[C@@H](O)[C@H](O[C@@H]5[C@@H](O)[C@H](N)C[C@H](N)[C@H]5O[C@H]5O[C@H](CO)[C@@H](O)[C@H](O)[C@H]5N)O[C@@H]4CO)[C@H](N)[C@@H](O)[C@@H]3O)c3ccccc23)Sc2ccccc21. The molecule has 4 aliphatic heterocycles. The fourth-order valence-corrected chi connectivity index (χ4v) is 11.0. The minimum atomic E-state index is -1.69. The second-order valence-corrected chi connectivity index (χ2v) is 20.1. The number of para-hydroxylation sites is 2. The number of unbranched alkanes of at least 4 members (excludes halogenated alkanes) is 3. The number of ether oxygens (including phenoxy) is 6. The van der Waals surface area contributed by atoms with E-state index in [4.69, 9.17) is 51.4 Å². The van der Waals surface area contributed by atoms with E-state index >= 15 is 0 Å². The Bertz CT molecular complexity index is 2290. The Morgan fingerprint density at radius 3 is 2.06 bits per heavy atom. The molecule has 3 saturated heterocycles. The van der Waals surface area contributed by atoms with Crippen LogP contribution in [0.3, 0.4) is 0 Å². The molecule has 1 aromatic heterocycles. The van der Waals surface area contributed by atoms with Gasteiger partial charge in [-0.1, -0.05) is 42.4 Å². The first-order valence-electron chi connectivity index (χ1n) is 24.3. The van der Waals surface area contributed by atoms with Crippen LogP contribution in [-0.2, 0) is 39.8 Å². The highest BCUT2D eigenvalue weighted by Gasteiger charge is 2.54. The molecule has 1 amide bonds. The van der Waals surface area contributed by atoms with Gasteiger partial charge < -0.3 is 102 Å². The summed E-state index contributed by atoms with van der Waals surface area (Å²) >= 11 is 1.76. The maximum absolute atomic E-state index is 13.0. The molecular formula is C48H70N7O15S+. The summed E-state index contributed by atoms with van der Waals surface area (Å²) in [5.41, 5.74) is 28.4. The predicted molar refractivity (Wildman–Crippen MR) is 256 cm³/mol. The number of hydrogen-bond donors (Lipinski definition) is 13. The van der Waals surface area contributed by atoms with Crippen molar-refractivity contribution in [2.45, 2.75) is 166 Å². The zero-order chi connectivity index (χ0) is 50.7. The monoisotopic (exact) mass is 1020 g/mol. The lowest BCUT2D eigenvalue weighted by Gasteiger charge is -2.47. The Morgan fingerprint density at radius 1 is 0.718 bits per heavy atom. The second-order valence-electron chi connectivity index (χ2n) is 19.0. The highest BCUT2D eigenvalue weighted by molar-refractivity contribution is 8.03. The first-order valence-corrected chi connectivity index (χ1v) is 25.1. The third-order valence-corrected chi connectivity index (χ3v) is 15.3. The van der Waals surface area contributed by atoms with Gasteiger partial charge in [-0.15, -0.1) is 0 Å². The third-order valence-electron chi connectivity index (χ3n) is 14.1. The number of pyridine rings is 1. The van der Waals surface area contributed by atoms with Gasteiger partial charge in [0.1, 0.15) is 73.7 Å². The molecule has 19 atom stereocenters. The van der Waals surface area contributed by atoms with Crippen molar-refractivity contribution in [3.63, 3.8) is 0 Å². The quantitative estimate of drug-likeness (QED) is 0.0444. The van der Waals surface area contributed by atoms with E-state index in [1.54, 1.807) is 11.8 Å². The summed E-state index contributed by atoms with van der Waals surface area (Å²) in [6.45, 7) is -0.772. The number of fused-ring (bicyclic) bond motifs is 2. The number of carbonyl (C=O) groups excluding carboxylic acids is 1. The zero-order valence-electron chi connectivity index (χ0n) is 39.4. The minimum Gasteiger partial charge on any atom is -0.394 e. The van der Waals surface area contributed by atoms with Crippen molar-refractivity contribution in [1.82, 2.24) is 5.32 Å². The van der Waals surface area contributed by atoms with Gasteiger partial charge in [0.15, 0.2) is 25.1 Å². The fourth-order valence-electron chi connectivity index (χ4n) is 9.91. The maximum Gasteiger partial charge on any atom is 0.220 e. The van der Waals surface area contributed by atoms with E-state index < -0.39 is 129 Å². The van der Waals surface area contributed by atoms with Crippen molar-refractivity contribution in [2.24, 2.45) is 22.9 Å². The molecule has 4 fully saturated rings. The van der Waals surface area contributed by atoms with Crippen LogP contribution < -0.4 is 37.7 Å². The lowest BCUT2D eigenvalue weighted by Crippen LogP contribution is -2.68. The molecular weight excluding hydrogens is 947 g/mol. The first kappa shape index (κ1) is 53.8. The van der Waals surface area contributed by atoms with Crippen molar-refractivity contribution >= 4 is 40.3 Å². The number of aliphatic hydroxyl groups is 8. The Hall–Kier alpha value is -3.51. The van der Waals surface area contributed by atoms with E-state index in [2.05, 4.69) is 82.6 Å². The van der Waals surface area contributed by atoms with E-state index in [1.807, 2.05) is 6.07 Å². The summed E-state index contributed by atoms with van der Waals surface area (Å²) < 4.78 is 37.8. The van der Waals surface area contributed by atoms with Gasteiger partial charge in [-0.2, -0.15) is 4.57 Å². The average Bonchev–Trinajstić information content (AvgIpc) is 3.85. The van der Waals surface area contributed by atoms with Crippen molar-refractivity contribution in [2.75, 3.05) is 31.7 Å². The fraction of sp³-hybridized carbons (Fsp3) is 0.625. The van der Waals surface area contributed by atoms with Gasteiger partial charge in [-0.3, -0.25) is 4.79 Å². The topological polar surface area (TPSA) is 358 Å². The number of nitrogens with one attached hydrogen (secondary N) is 1. The van der Waals surface area contributed by atoms with Crippen LogP contribution in [0, 0.1) is 0 Å². The first-order chi connectivity index (χ1) is 34.1. The maximum atomic E-state index is 13.0. The van der Waals surface area contributed by atoms with E-state index in [9.17, 15) is 45.6 Å². The minimum absolute atomic E-state index is 0.0375. The number of nitrogens with two attached hydrogens (primary N) is 4. The molecule has 1 aliphatic carbocycles. The highest BCUT2D eigenvalue weighted by atomic mass is 32.2. The molecule has 5 aliphatic rings. The molecule has 392 valence electrons. The van der Waals surface area contributed by atoms with Gasteiger partial charge in [0, 0.05) is 55.5 Å². The molecule has 0 unspecified atom stereocenters.